The number of carbonyl (C=O) groups is 2. The molecular weight excluding hydrogens is 416 g/mol. The van der Waals surface area contributed by atoms with Crippen LogP contribution < -0.4 is 15.0 Å². The lowest BCUT2D eigenvalue weighted by Gasteiger charge is -2.31. The highest BCUT2D eigenvalue weighted by atomic mass is 16.5. The Kier molecular flexibility index (Phi) is 8.01. The van der Waals surface area contributed by atoms with Crippen LogP contribution >= 0.6 is 0 Å². The lowest BCUT2D eigenvalue weighted by molar-refractivity contribution is -0.138. The Balaban J connectivity index is 1.87. The molecule has 0 unspecified atom stereocenters. The van der Waals surface area contributed by atoms with E-state index in [-0.39, 0.29) is 24.2 Å². The number of carboxylic acids is 1. The Morgan fingerprint density at radius 3 is 2.21 bits per heavy atom. The number of carbonyl (C=O) groups excluding carboxylic acids is 1. The molecule has 1 amide bonds. The van der Waals surface area contributed by atoms with Crippen molar-refractivity contribution < 1.29 is 19.4 Å². The van der Waals surface area contributed by atoms with E-state index in [1.54, 1.807) is 7.11 Å². The maximum absolute atomic E-state index is 13.0. The molecule has 0 spiro atoms. The zero-order valence-electron chi connectivity index (χ0n) is 20.3. The van der Waals surface area contributed by atoms with Gasteiger partial charge in [0.1, 0.15) is 5.75 Å². The van der Waals surface area contributed by atoms with Gasteiger partial charge in [-0.3, -0.25) is 9.59 Å². The monoisotopic (exact) mass is 452 g/mol. The standard InChI is InChI=1S/C27H36N2O4/c1-17(2)15-29(16-18(3)4)25-11-8-20(22-14-23(22)27(31)32)13-24(25)28-26(30)12-19-6-9-21(33-5)10-7-19/h6-11,13,17-18,22-23H,12,14-16H2,1-5H3,(H,28,30)(H,31,32)/t22-,23-/m1/s1. The summed E-state index contributed by atoms with van der Waals surface area (Å²) in [5.41, 5.74) is 3.61. The van der Waals surface area contributed by atoms with Crippen LogP contribution in [-0.2, 0) is 16.0 Å². The summed E-state index contributed by atoms with van der Waals surface area (Å²) in [6.07, 6.45) is 0.902. The fourth-order valence-electron chi connectivity index (χ4n) is 4.27. The highest BCUT2D eigenvalue weighted by molar-refractivity contribution is 5.96. The van der Waals surface area contributed by atoms with E-state index in [2.05, 4.69) is 37.9 Å². The van der Waals surface area contributed by atoms with Crippen molar-refractivity contribution in [2.24, 2.45) is 17.8 Å². The first-order chi connectivity index (χ1) is 15.7. The molecule has 178 valence electrons. The molecule has 2 aromatic carbocycles. The molecule has 0 radical (unpaired) electrons. The van der Waals surface area contributed by atoms with E-state index < -0.39 is 5.97 Å². The second kappa shape index (κ2) is 10.7. The smallest absolute Gasteiger partial charge is 0.307 e. The van der Waals surface area contributed by atoms with Gasteiger partial charge in [-0.25, -0.2) is 0 Å². The number of nitrogens with zero attached hydrogens (tertiary/aromatic N) is 1. The van der Waals surface area contributed by atoms with Crippen LogP contribution in [0.3, 0.4) is 0 Å². The highest BCUT2D eigenvalue weighted by Crippen LogP contribution is 2.49. The summed E-state index contributed by atoms with van der Waals surface area (Å²) < 4.78 is 5.19. The van der Waals surface area contributed by atoms with Crippen LogP contribution in [0.15, 0.2) is 42.5 Å². The minimum Gasteiger partial charge on any atom is -0.497 e. The van der Waals surface area contributed by atoms with E-state index in [1.165, 1.54) is 0 Å². The SMILES string of the molecule is COc1ccc(CC(=O)Nc2cc([C@H]3C[C@H]3C(=O)O)ccc2N(CC(C)C)CC(C)C)cc1. The van der Waals surface area contributed by atoms with Gasteiger partial charge in [-0.15, -0.1) is 0 Å². The van der Waals surface area contributed by atoms with E-state index in [1.807, 2.05) is 42.5 Å². The van der Waals surface area contributed by atoms with Crippen LogP contribution in [0.1, 0.15) is 51.2 Å². The largest absolute Gasteiger partial charge is 0.497 e. The molecule has 1 saturated carbocycles. The van der Waals surface area contributed by atoms with Crippen molar-refractivity contribution in [2.45, 2.75) is 46.5 Å². The predicted octanol–water partition coefficient (Wildman–Crippen LogP) is 5.18. The predicted molar refractivity (Wildman–Crippen MR) is 132 cm³/mol. The molecule has 1 aliphatic rings. The molecule has 6 heteroatoms. The van der Waals surface area contributed by atoms with Gasteiger partial charge in [-0.1, -0.05) is 45.9 Å². The van der Waals surface area contributed by atoms with Crippen LogP contribution in [0, 0.1) is 17.8 Å². The van der Waals surface area contributed by atoms with E-state index in [4.69, 9.17) is 4.74 Å². The first kappa shape index (κ1) is 24.6. The Bertz CT molecular complexity index is 959. The molecule has 2 N–H and O–H groups in total. The van der Waals surface area contributed by atoms with Crippen LogP contribution in [0.4, 0.5) is 11.4 Å². The first-order valence-corrected chi connectivity index (χ1v) is 11.7. The Hall–Kier alpha value is -3.02. The van der Waals surface area contributed by atoms with Crippen LogP contribution in [0.2, 0.25) is 0 Å². The number of anilines is 2. The maximum atomic E-state index is 13.0. The number of nitrogens with one attached hydrogen (secondary N) is 1. The summed E-state index contributed by atoms with van der Waals surface area (Å²) in [7, 11) is 1.62. The van der Waals surface area contributed by atoms with Crippen molar-refractivity contribution in [3.05, 3.63) is 53.6 Å². The molecule has 3 rings (SSSR count). The Morgan fingerprint density at radius 2 is 1.70 bits per heavy atom. The second-order valence-electron chi connectivity index (χ2n) is 9.83. The number of benzene rings is 2. The molecule has 0 heterocycles. The molecule has 0 bridgehead atoms. The number of aliphatic carboxylic acids is 1. The van der Waals surface area contributed by atoms with Gasteiger partial charge in [0, 0.05) is 13.1 Å². The van der Waals surface area contributed by atoms with Crippen LogP contribution in [-0.4, -0.2) is 37.2 Å². The summed E-state index contributed by atoms with van der Waals surface area (Å²) in [5, 5.41) is 12.5. The number of ether oxygens (including phenoxy) is 1. The number of rotatable bonds is 11. The number of methoxy groups -OCH3 is 1. The summed E-state index contributed by atoms with van der Waals surface area (Å²) in [6, 6.07) is 13.5. The van der Waals surface area contributed by atoms with Gasteiger partial charge in [0.05, 0.1) is 30.8 Å². The molecule has 1 aliphatic carbocycles. The quantitative estimate of drug-likeness (QED) is 0.491. The first-order valence-electron chi connectivity index (χ1n) is 11.7. The number of hydrogen-bond acceptors (Lipinski definition) is 4. The zero-order chi connectivity index (χ0) is 24.1. The van der Waals surface area contributed by atoms with Crippen molar-refractivity contribution >= 4 is 23.3 Å². The molecule has 0 aromatic heterocycles. The zero-order valence-corrected chi connectivity index (χ0v) is 20.3. The van der Waals surface area contributed by atoms with E-state index >= 15 is 0 Å². The van der Waals surface area contributed by atoms with Gasteiger partial charge >= 0.3 is 5.97 Å². The van der Waals surface area contributed by atoms with Gasteiger partial charge in [0.15, 0.2) is 0 Å². The van der Waals surface area contributed by atoms with Crippen LogP contribution in [0.25, 0.3) is 0 Å². The van der Waals surface area contributed by atoms with E-state index in [9.17, 15) is 14.7 Å². The fourth-order valence-corrected chi connectivity index (χ4v) is 4.27. The molecule has 0 aliphatic heterocycles. The van der Waals surface area contributed by atoms with Gasteiger partial charge in [0.25, 0.3) is 0 Å². The fraction of sp³-hybridized carbons (Fsp3) is 0.481. The van der Waals surface area contributed by atoms with Crippen molar-refractivity contribution in [1.82, 2.24) is 0 Å². The van der Waals surface area contributed by atoms with Crippen molar-refractivity contribution in [2.75, 3.05) is 30.4 Å². The second-order valence-corrected chi connectivity index (χ2v) is 9.83. The molecule has 2 aromatic rings. The molecule has 1 fully saturated rings. The average Bonchev–Trinajstić information content (AvgIpc) is 3.54. The third kappa shape index (κ3) is 6.73. The van der Waals surface area contributed by atoms with Gasteiger partial charge in [-0.05, 0) is 59.6 Å². The van der Waals surface area contributed by atoms with Gasteiger partial charge < -0.3 is 20.1 Å². The lowest BCUT2D eigenvalue weighted by Crippen LogP contribution is -2.32. The van der Waals surface area contributed by atoms with Gasteiger partial charge in [-0.2, -0.15) is 0 Å². The number of hydrogen-bond donors (Lipinski definition) is 2. The third-order valence-electron chi connectivity index (χ3n) is 5.87. The molecular formula is C27H36N2O4. The molecule has 2 atom stereocenters. The van der Waals surface area contributed by atoms with Crippen LogP contribution in [0.5, 0.6) is 5.75 Å². The van der Waals surface area contributed by atoms with E-state index in [0.29, 0.717) is 18.3 Å². The summed E-state index contributed by atoms with van der Waals surface area (Å²) in [6.45, 7) is 10.5. The maximum Gasteiger partial charge on any atom is 0.307 e. The van der Waals surface area contributed by atoms with Crippen molar-refractivity contribution in [3.63, 3.8) is 0 Å². The normalized spacial score (nSPS) is 17.2. The number of carboxylic acid groups (broad SMARTS) is 1. The molecule has 6 nitrogen and oxygen atoms in total. The summed E-state index contributed by atoms with van der Waals surface area (Å²) >= 11 is 0. The van der Waals surface area contributed by atoms with Gasteiger partial charge in [0.2, 0.25) is 5.91 Å². The topological polar surface area (TPSA) is 78.9 Å². The minimum atomic E-state index is -0.754. The summed E-state index contributed by atoms with van der Waals surface area (Å²) in [4.78, 5) is 26.7. The highest BCUT2D eigenvalue weighted by Gasteiger charge is 2.44. The summed E-state index contributed by atoms with van der Waals surface area (Å²) in [5.74, 6) is 0.508. The Labute approximate surface area is 196 Å². The minimum absolute atomic E-state index is 0.0115. The lowest BCUT2D eigenvalue weighted by atomic mass is 10.0. The van der Waals surface area contributed by atoms with Crippen molar-refractivity contribution in [1.29, 1.82) is 0 Å². The molecule has 33 heavy (non-hydrogen) atoms. The average molecular weight is 453 g/mol. The number of amides is 1. The van der Waals surface area contributed by atoms with Crippen molar-refractivity contribution in [3.8, 4) is 5.75 Å². The third-order valence-corrected chi connectivity index (χ3v) is 5.87. The molecule has 0 saturated heterocycles. The van der Waals surface area contributed by atoms with E-state index in [0.717, 1.165) is 41.3 Å². The Morgan fingerprint density at radius 1 is 1.06 bits per heavy atom.